The van der Waals surface area contributed by atoms with Crippen LogP contribution in [0, 0.1) is 0 Å². The van der Waals surface area contributed by atoms with Gasteiger partial charge in [0.05, 0.1) is 5.56 Å². The van der Waals surface area contributed by atoms with Crippen LogP contribution in [-0.4, -0.2) is 15.0 Å². The Morgan fingerprint density at radius 1 is 1.27 bits per heavy atom. The minimum Gasteiger partial charge on any atom is -0.322 e. The standard InChI is InChI=1S/C15H14ClN3O3/c1-18-9-10(14(21)19(2)15(18)22)6-7-13(20)17-12-5-3-4-11(16)8-12/h3-9H,1-2H3,(H,17,20)/b7-6+. The number of halogens is 1. The average molecular weight is 320 g/mol. The highest BCUT2D eigenvalue weighted by Crippen LogP contribution is 2.14. The van der Waals surface area contributed by atoms with Crippen molar-refractivity contribution in [2.75, 3.05) is 5.32 Å². The average Bonchev–Trinajstić information content (AvgIpc) is 2.47. The largest absolute Gasteiger partial charge is 0.330 e. The van der Waals surface area contributed by atoms with E-state index in [-0.39, 0.29) is 5.56 Å². The first kappa shape index (κ1) is 15.8. The lowest BCUT2D eigenvalue weighted by Crippen LogP contribution is -2.37. The highest BCUT2D eigenvalue weighted by Gasteiger charge is 2.05. The molecule has 1 aromatic carbocycles. The Bertz CT molecular complexity index is 865. The van der Waals surface area contributed by atoms with E-state index >= 15 is 0 Å². The third-order valence-electron chi connectivity index (χ3n) is 2.98. The zero-order chi connectivity index (χ0) is 16.3. The Morgan fingerprint density at radius 2 is 2.00 bits per heavy atom. The second kappa shape index (κ2) is 6.44. The fourth-order valence-corrected chi connectivity index (χ4v) is 2.06. The molecule has 0 spiro atoms. The predicted octanol–water partition coefficient (Wildman–Crippen LogP) is 1.39. The van der Waals surface area contributed by atoms with Crippen molar-refractivity contribution < 1.29 is 4.79 Å². The first-order chi connectivity index (χ1) is 10.4. The van der Waals surface area contributed by atoms with E-state index in [1.807, 2.05) is 0 Å². The van der Waals surface area contributed by atoms with Crippen LogP contribution in [0.3, 0.4) is 0 Å². The molecule has 1 amide bonds. The fourth-order valence-electron chi connectivity index (χ4n) is 1.87. The van der Waals surface area contributed by atoms with Crippen LogP contribution in [0.5, 0.6) is 0 Å². The number of carbonyl (C=O) groups is 1. The Morgan fingerprint density at radius 3 is 2.68 bits per heavy atom. The molecule has 7 heteroatoms. The van der Waals surface area contributed by atoms with E-state index in [4.69, 9.17) is 11.6 Å². The number of carbonyl (C=O) groups excluding carboxylic acids is 1. The monoisotopic (exact) mass is 319 g/mol. The zero-order valence-electron chi connectivity index (χ0n) is 12.0. The molecule has 0 aliphatic rings. The van der Waals surface area contributed by atoms with E-state index in [0.29, 0.717) is 10.7 Å². The lowest BCUT2D eigenvalue weighted by Gasteiger charge is -2.04. The summed E-state index contributed by atoms with van der Waals surface area (Å²) >= 11 is 5.83. The van der Waals surface area contributed by atoms with Gasteiger partial charge in [-0.3, -0.25) is 14.2 Å². The Balaban J connectivity index is 2.20. The molecule has 1 aromatic heterocycles. The molecular weight excluding hydrogens is 306 g/mol. The highest BCUT2D eigenvalue weighted by molar-refractivity contribution is 6.30. The number of aryl methyl sites for hydroxylation is 1. The first-order valence-corrected chi connectivity index (χ1v) is 6.77. The van der Waals surface area contributed by atoms with Crippen molar-refractivity contribution in [3.63, 3.8) is 0 Å². The molecule has 0 radical (unpaired) electrons. The SMILES string of the molecule is Cn1cc(/C=C/C(=O)Nc2cccc(Cl)c2)c(=O)n(C)c1=O. The summed E-state index contributed by atoms with van der Waals surface area (Å²) in [4.78, 5) is 35.3. The van der Waals surface area contributed by atoms with Gasteiger partial charge in [0, 0.05) is 37.1 Å². The molecule has 0 bridgehead atoms. The molecule has 1 heterocycles. The number of nitrogens with one attached hydrogen (secondary N) is 1. The lowest BCUT2D eigenvalue weighted by molar-refractivity contribution is -0.111. The molecule has 0 unspecified atom stereocenters. The molecule has 0 aliphatic heterocycles. The van der Waals surface area contributed by atoms with Crippen LogP contribution in [-0.2, 0) is 18.9 Å². The van der Waals surface area contributed by atoms with E-state index in [1.165, 1.54) is 37.0 Å². The lowest BCUT2D eigenvalue weighted by atomic mass is 10.3. The number of amides is 1. The van der Waals surface area contributed by atoms with Crippen LogP contribution in [0.25, 0.3) is 6.08 Å². The molecule has 0 saturated carbocycles. The van der Waals surface area contributed by atoms with E-state index in [2.05, 4.69) is 5.32 Å². The fraction of sp³-hybridized carbons (Fsp3) is 0.133. The number of hydrogen-bond acceptors (Lipinski definition) is 3. The first-order valence-electron chi connectivity index (χ1n) is 6.40. The molecule has 0 fully saturated rings. The van der Waals surface area contributed by atoms with Gasteiger partial charge >= 0.3 is 5.69 Å². The van der Waals surface area contributed by atoms with Crippen molar-refractivity contribution in [2.24, 2.45) is 14.1 Å². The van der Waals surface area contributed by atoms with Crippen molar-refractivity contribution in [3.05, 3.63) is 68.0 Å². The summed E-state index contributed by atoms with van der Waals surface area (Å²) in [5, 5.41) is 3.13. The third-order valence-corrected chi connectivity index (χ3v) is 3.21. The van der Waals surface area contributed by atoms with Gasteiger partial charge in [-0.1, -0.05) is 17.7 Å². The Labute approximate surface area is 131 Å². The quantitative estimate of drug-likeness (QED) is 0.869. The normalized spacial score (nSPS) is 10.9. The summed E-state index contributed by atoms with van der Waals surface area (Å²) < 4.78 is 2.25. The van der Waals surface area contributed by atoms with Gasteiger partial charge in [-0.15, -0.1) is 0 Å². The van der Waals surface area contributed by atoms with Crippen LogP contribution in [0.15, 0.2) is 46.1 Å². The minimum absolute atomic E-state index is 0.242. The number of aromatic nitrogens is 2. The van der Waals surface area contributed by atoms with Crippen molar-refractivity contribution in [3.8, 4) is 0 Å². The molecule has 1 N–H and O–H groups in total. The smallest absolute Gasteiger partial charge is 0.322 e. The van der Waals surface area contributed by atoms with Gasteiger partial charge in [0.15, 0.2) is 0 Å². The van der Waals surface area contributed by atoms with Crippen LogP contribution in [0.1, 0.15) is 5.56 Å². The summed E-state index contributed by atoms with van der Waals surface area (Å²) in [6.45, 7) is 0. The Kier molecular flexibility index (Phi) is 4.62. The number of hydrogen-bond donors (Lipinski definition) is 1. The molecule has 0 atom stereocenters. The summed E-state index contributed by atoms with van der Waals surface area (Å²) in [5.41, 5.74) is -0.0956. The molecule has 2 aromatic rings. The predicted molar refractivity (Wildman–Crippen MR) is 86.0 cm³/mol. The second-order valence-corrected chi connectivity index (χ2v) is 5.11. The topological polar surface area (TPSA) is 73.1 Å². The maximum absolute atomic E-state index is 11.9. The zero-order valence-corrected chi connectivity index (χ0v) is 12.8. The minimum atomic E-state index is -0.463. The highest BCUT2D eigenvalue weighted by atomic mass is 35.5. The molecule has 0 aliphatic carbocycles. The molecule has 22 heavy (non-hydrogen) atoms. The van der Waals surface area contributed by atoms with Crippen molar-refractivity contribution in [1.29, 1.82) is 0 Å². The summed E-state index contributed by atoms with van der Waals surface area (Å²) in [6, 6.07) is 6.72. The number of anilines is 1. The van der Waals surface area contributed by atoms with Gasteiger partial charge in [0.1, 0.15) is 0 Å². The van der Waals surface area contributed by atoms with Gasteiger partial charge < -0.3 is 9.88 Å². The maximum Gasteiger partial charge on any atom is 0.330 e. The van der Waals surface area contributed by atoms with Gasteiger partial charge in [-0.05, 0) is 24.3 Å². The second-order valence-electron chi connectivity index (χ2n) is 4.68. The summed E-state index contributed by atoms with van der Waals surface area (Å²) in [6.07, 6.45) is 3.97. The van der Waals surface area contributed by atoms with E-state index in [0.717, 1.165) is 4.57 Å². The number of rotatable bonds is 3. The maximum atomic E-state index is 11.9. The molecular formula is C15H14ClN3O3. The van der Waals surface area contributed by atoms with Gasteiger partial charge in [0.25, 0.3) is 5.56 Å². The number of nitrogens with zero attached hydrogens (tertiary/aromatic N) is 2. The number of benzene rings is 1. The molecule has 2 rings (SSSR count). The van der Waals surface area contributed by atoms with Gasteiger partial charge in [-0.2, -0.15) is 0 Å². The third kappa shape index (κ3) is 3.53. The van der Waals surface area contributed by atoms with E-state index in [1.54, 1.807) is 24.3 Å². The Hall–Kier alpha value is -2.60. The van der Waals surface area contributed by atoms with Gasteiger partial charge in [0.2, 0.25) is 5.91 Å². The van der Waals surface area contributed by atoms with E-state index < -0.39 is 17.2 Å². The van der Waals surface area contributed by atoms with Crippen LogP contribution >= 0.6 is 11.6 Å². The van der Waals surface area contributed by atoms with Gasteiger partial charge in [-0.25, -0.2) is 4.79 Å². The molecule has 114 valence electrons. The van der Waals surface area contributed by atoms with Crippen LogP contribution in [0.4, 0.5) is 5.69 Å². The summed E-state index contributed by atoms with van der Waals surface area (Å²) in [7, 11) is 2.92. The van der Waals surface area contributed by atoms with Crippen LogP contribution in [0.2, 0.25) is 5.02 Å². The molecule has 0 saturated heterocycles. The van der Waals surface area contributed by atoms with E-state index in [9.17, 15) is 14.4 Å². The van der Waals surface area contributed by atoms with Crippen molar-refractivity contribution >= 4 is 29.3 Å². The molecule has 6 nitrogen and oxygen atoms in total. The summed E-state index contributed by atoms with van der Waals surface area (Å²) in [5.74, 6) is -0.404. The van der Waals surface area contributed by atoms with Crippen molar-refractivity contribution in [2.45, 2.75) is 0 Å². The van der Waals surface area contributed by atoms with Crippen LogP contribution < -0.4 is 16.6 Å². The van der Waals surface area contributed by atoms with Crippen molar-refractivity contribution in [1.82, 2.24) is 9.13 Å².